The summed E-state index contributed by atoms with van der Waals surface area (Å²) in [6.07, 6.45) is 3.95. The van der Waals surface area contributed by atoms with Crippen molar-refractivity contribution in [3.63, 3.8) is 0 Å². The van der Waals surface area contributed by atoms with Crippen LogP contribution >= 0.6 is 11.6 Å². The van der Waals surface area contributed by atoms with Crippen molar-refractivity contribution in [2.75, 3.05) is 31.6 Å². The van der Waals surface area contributed by atoms with E-state index in [1.807, 2.05) is 4.90 Å². The molecule has 0 spiro atoms. The molecule has 3 heterocycles. The number of fused-ring (bicyclic) bond motifs is 3. The highest BCUT2D eigenvalue weighted by molar-refractivity contribution is 7.89. The Morgan fingerprint density at radius 3 is 2.49 bits per heavy atom. The first kappa shape index (κ1) is 26.9. The molecule has 5 rings (SSSR count). The maximum absolute atomic E-state index is 14.2. The van der Waals surface area contributed by atoms with E-state index in [2.05, 4.69) is 5.32 Å². The normalized spacial score (nSPS) is 32.0. The van der Waals surface area contributed by atoms with E-state index in [9.17, 15) is 18.0 Å². The molecule has 5 atom stereocenters. The third-order valence-electron chi connectivity index (χ3n) is 8.72. The van der Waals surface area contributed by atoms with Gasteiger partial charge in [-0.1, -0.05) is 24.1 Å². The zero-order valence-corrected chi connectivity index (χ0v) is 23.2. The van der Waals surface area contributed by atoms with E-state index in [4.69, 9.17) is 16.3 Å². The van der Waals surface area contributed by atoms with Crippen LogP contribution in [0.25, 0.3) is 0 Å². The number of nitrogens with one attached hydrogen (secondary N) is 1. The van der Waals surface area contributed by atoms with Crippen LogP contribution in [-0.4, -0.2) is 85.8 Å². The predicted molar refractivity (Wildman–Crippen MR) is 142 cm³/mol. The van der Waals surface area contributed by atoms with Gasteiger partial charge in [-0.05, 0) is 63.6 Å². The molecule has 1 saturated carbocycles. The molecule has 0 bridgehead atoms. The largest absolute Gasteiger partial charge is 0.380 e. The van der Waals surface area contributed by atoms with Crippen LogP contribution < -0.4 is 10.2 Å². The average Bonchev–Trinajstić information content (AvgIpc) is 2.88. The standard InChI is InChI=1S/C26H37ClN4O5S/c1-16(2)37(34,35)29-12-10-18(11-13-29)30-24-20-8-5-9-22(36-3)23(20)28-15-21(24)25(32)31(26(30)33)19-7-4-6-17(27)14-19/h4,6-7,14,16,18,20-24,28H,5,8-13,15H2,1-3H3. The molecular weight excluding hydrogens is 516 g/mol. The number of anilines is 1. The van der Waals surface area contributed by atoms with Gasteiger partial charge in [-0.25, -0.2) is 22.4 Å². The van der Waals surface area contributed by atoms with E-state index in [0.29, 0.717) is 43.2 Å². The number of hydrogen-bond donors (Lipinski definition) is 1. The van der Waals surface area contributed by atoms with Crippen molar-refractivity contribution in [1.82, 2.24) is 14.5 Å². The van der Waals surface area contributed by atoms with Crippen LogP contribution in [0.1, 0.15) is 46.0 Å². The molecule has 5 unspecified atom stereocenters. The summed E-state index contributed by atoms with van der Waals surface area (Å²) < 4.78 is 32.9. The van der Waals surface area contributed by atoms with Crippen LogP contribution in [0.3, 0.4) is 0 Å². The number of urea groups is 1. The molecule has 3 aliphatic heterocycles. The number of ether oxygens (including phenoxy) is 1. The third kappa shape index (κ3) is 4.69. The summed E-state index contributed by atoms with van der Waals surface area (Å²) in [5.74, 6) is -0.519. The van der Waals surface area contributed by atoms with Crippen molar-refractivity contribution in [2.24, 2.45) is 11.8 Å². The summed E-state index contributed by atoms with van der Waals surface area (Å²) >= 11 is 6.24. The molecule has 37 heavy (non-hydrogen) atoms. The Balaban J connectivity index is 1.50. The summed E-state index contributed by atoms with van der Waals surface area (Å²) in [7, 11) is -1.64. The zero-order valence-electron chi connectivity index (χ0n) is 21.7. The van der Waals surface area contributed by atoms with Gasteiger partial charge in [0, 0.05) is 43.9 Å². The number of imide groups is 1. The maximum atomic E-state index is 14.2. The fraction of sp³-hybridized carbons (Fsp3) is 0.692. The molecular formula is C26H37ClN4O5S. The third-order valence-corrected chi connectivity index (χ3v) is 11.2. The number of amides is 3. The van der Waals surface area contributed by atoms with E-state index in [1.165, 1.54) is 4.90 Å². The van der Waals surface area contributed by atoms with Gasteiger partial charge in [0.05, 0.1) is 29.0 Å². The van der Waals surface area contributed by atoms with Crippen molar-refractivity contribution in [3.05, 3.63) is 29.3 Å². The lowest BCUT2D eigenvalue weighted by Gasteiger charge is -2.57. The van der Waals surface area contributed by atoms with Gasteiger partial charge in [0.15, 0.2) is 0 Å². The number of halogens is 1. The van der Waals surface area contributed by atoms with Crippen molar-refractivity contribution >= 4 is 39.2 Å². The maximum Gasteiger partial charge on any atom is 0.331 e. The highest BCUT2D eigenvalue weighted by Gasteiger charge is 2.57. The van der Waals surface area contributed by atoms with Crippen LogP contribution in [-0.2, 0) is 19.6 Å². The number of nitrogens with zero attached hydrogens (tertiary/aromatic N) is 3. The summed E-state index contributed by atoms with van der Waals surface area (Å²) in [5, 5.41) is 3.56. The van der Waals surface area contributed by atoms with Gasteiger partial charge in [0.2, 0.25) is 15.9 Å². The molecule has 1 aromatic rings. The van der Waals surface area contributed by atoms with Gasteiger partial charge < -0.3 is 15.0 Å². The summed E-state index contributed by atoms with van der Waals surface area (Å²) in [4.78, 5) is 31.3. The van der Waals surface area contributed by atoms with E-state index in [-0.39, 0.29) is 42.1 Å². The smallest absolute Gasteiger partial charge is 0.331 e. The second-order valence-electron chi connectivity index (χ2n) is 11.0. The molecule has 1 aliphatic carbocycles. The van der Waals surface area contributed by atoms with Gasteiger partial charge in [0.1, 0.15) is 0 Å². The summed E-state index contributed by atoms with van der Waals surface area (Å²) in [6, 6.07) is 6.17. The summed E-state index contributed by atoms with van der Waals surface area (Å²) in [5.41, 5.74) is 0.464. The molecule has 0 aromatic heterocycles. The Hall–Kier alpha value is -1.72. The Labute approximate surface area is 224 Å². The first-order valence-corrected chi connectivity index (χ1v) is 15.2. The SMILES string of the molecule is COC1CCCC2C1NCC1C(=O)N(c3cccc(Cl)c3)C(=O)N(C3CCN(S(=O)(=O)C(C)C)CC3)C12. The van der Waals surface area contributed by atoms with Gasteiger partial charge in [-0.2, -0.15) is 0 Å². The number of carbonyl (C=O) groups excluding carboxylic acids is 2. The van der Waals surface area contributed by atoms with Crippen molar-refractivity contribution in [2.45, 2.75) is 75.4 Å². The van der Waals surface area contributed by atoms with Crippen LogP contribution in [0.2, 0.25) is 5.02 Å². The van der Waals surface area contributed by atoms with Gasteiger partial charge in [-0.3, -0.25) is 4.79 Å². The second kappa shape index (κ2) is 10.4. The predicted octanol–water partition coefficient (Wildman–Crippen LogP) is 3.08. The van der Waals surface area contributed by atoms with Crippen LogP contribution in [0.5, 0.6) is 0 Å². The number of methoxy groups -OCH3 is 1. The number of benzene rings is 1. The first-order chi connectivity index (χ1) is 17.6. The van der Waals surface area contributed by atoms with E-state index < -0.39 is 21.2 Å². The quantitative estimate of drug-likeness (QED) is 0.603. The summed E-state index contributed by atoms with van der Waals surface area (Å²) in [6.45, 7) is 4.58. The molecule has 1 N–H and O–H groups in total. The molecule has 204 valence electrons. The van der Waals surface area contributed by atoms with E-state index in [0.717, 1.165) is 19.3 Å². The van der Waals surface area contributed by atoms with Gasteiger partial charge in [0.25, 0.3) is 0 Å². The molecule has 9 nitrogen and oxygen atoms in total. The van der Waals surface area contributed by atoms with E-state index >= 15 is 0 Å². The molecule has 0 radical (unpaired) electrons. The lowest BCUT2D eigenvalue weighted by molar-refractivity contribution is -0.132. The average molecular weight is 553 g/mol. The Kier molecular flexibility index (Phi) is 7.59. The fourth-order valence-electron chi connectivity index (χ4n) is 6.86. The number of sulfonamides is 1. The first-order valence-electron chi connectivity index (χ1n) is 13.3. The van der Waals surface area contributed by atoms with Crippen LogP contribution in [0.4, 0.5) is 10.5 Å². The van der Waals surface area contributed by atoms with Gasteiger partial charge in [-0.15, -0.1) is 0 Å². The fourth-order valence-corrected chi connectivity index (χ4v) is 8.36. The van der Waals surface area contributed by atoms with Crippen LogP contribution in [0, 0.1) is 11.8 Å². The van der Waals surface area contributed by atoms with Crippen LogP contribution in [0.15, 0.2) is 24.3 Å². The molecule has 3 amide bonds. The lowest BCUT2D eigenvalue weighted by Crippen LogP contribution is -2.74. The Morgan fingerprint density at radius 2 is 1.84 bits per heavy atom. The molecule has 11 heteroatoms. The molecule has 4 fully saturated rings. The zero-order chi connectivity index (χ0) is 26.5. The minimum absolute atomic E-state index is 0.0377. The van der Waals surface area contributed by atoms with Crippen molar-refractivity contribution in [1.29, 1.82) is 0 Å². The Morgan fingerprint density at radius 1 is 1.11 bits per heavy atom. The Bertz CT molecular complexity index is 1140. The number of piperidine rings is 2. The lowest BCUT2D eigenvalue weighted by atomic mass is 9.69. The number of carbonyl (C=O) groups is 2. The molecule has 3 saturated heterocycles. The number of hydrogen-bond acceptors (Lipinski definition) is 6. The minimum atomic E-state index is -3.36. The van der Waals surface area contributed by atoms with Crippen molar-refractivity contribution in [3.8, 4) is 0 Å². The minimum Gasteiger partial charge on any atom is -0.380 e. The number of rotatable bonds is 5. The van der Waals surface area contributed by atoms with Gasteiger partial charge >= 0.3 is 6.03 Å². The molecule has 1 aromatic carbocycles. The topological polar surface area (TPSA) is 99.3 Å². The monoisotopic (exact) mass is 552 g/mol. The highest BCUT2D eigenvalue weighted by atomic mass is 35.5. The van der Waals surface area contributed by atoms with Crippen molar-refractivity contribution < 1.29 is 22.7 Å². The molecule has 4 aliphatic rings. The second-order valence-corrected chi connectivity index (χ2v) is 13.9. The van der Waals surface area contributed by atoms with E-state index in [1.54, 1.807) is 49.5 Å². The highest BCUT2D eigenvalue weighted by Crippen LogP contribution is 2.43.